The molecule has 1 fully saturated rings. The Balaban J connectivity index is 2.35. The fraction of sp³-hybridized carbons (Fsp3) is 0.833. The smallest absolute Gasteiger partial charge is 0.319 e. The van der Waals surface area contributed by atoms with Crippen LogP contribution in [0.1, 0.15) is 32.6 Å². The largest absolute Gasteiger partial charge is 0.481 e. The number of carbonyl (C=O) groups excluding carboxylic acids is 1. The van der Waals surface area contributed by atoms with E-state index in [0.717, 1.165) is 25.8 Å². The van der Waals surface area contributed by atoms with Crippen LogP contribution in [0.25, 0.3) is 0 Å². The zero-order chi connectivity index (χ0) is 12.8. The lowest BCUT2D eigenvalue weighted by Gasteiger charge is -2.34. The lowest BCUT2D eigenvalue weighted by Crippen LogP contribution is -2.45. The number of hydrogen-bond acceptors (Lipinski definition) is 2. The van der Waals surface area contributed by atoms with Crippen molar-refractivity contribution < 1.29 is 14.7 Å². The molecule has 5 heteroatoms. The molecule has 0 saturated carbocycles. The number of aliphatic carboxylic acids is 1. The Bertz CT molecular complexity index is 273. The Kier molecular flexibility index (Phi) is 5.25. The molecule has 98 valence electrons. The van der Waals surface area contributed by atoms with Crippen molar-refractivity contribution in [2.24, 2.45) is 5.92 Å². The highest BCUT2D eigenvalue weighted by atomic mass is 16.4. The molecule has 1 heterocycles. The van der Waals surface area contributed by atoms with Crippen LogP contribution in [-0.2, 0) is 4.79 Å². The summed E-state index contributed by atoms with van der Waals surface area (Å²) in [7, 11) is 1.81. The van der Waals surface area contributed by atoms with Gasteiger partial charge < -0.3 is 14.9 Å². The first-order chi connectivity index (χ1) is 8.04. The number of piperidine rings is 1. The average molecular weight is 242 g/mol. The summed E-state index contributed by atoms with van der Waals surface area (Å²) in [5.74, 6) is -0.508. The number of nitrogens with zero attached hydrogens (tertiary/aromatic N) is 2. The van der Waals surface area contributed by atoms with Crippen molar-refractivity contribution in [1.29, 1.82) is 0 Å². The highest BCUT2D eigenvalue weighted by molar-refractivity contribution is 5.74. The Morgan fingerprint density at radius 2 is 1.94 bits per heavy atom. The van der Waals surface area contributed by atoms with Crippen molar-refractivity contribution in [3.05, 3.63) is 0 Å². The molecule has 2 amide bonds. The van der Waals surface area contributed by atoms with E-state index in [0.29, 0.717) is 13.1 Å². The Morgan fingerprint density at radius 1 is 1.35 bits per heavy atom. The number of carboxylic acid groups (broad SMARTS) is 1. The SMILES string of the molecule is CCCN(C)C(=O)N1CCC(CC(=O)O)CC1. The van der Waals surface area contributed by atoms with Gasteiger partial charge in [0.1, 0.15) is 0 Å². The molecule has 0 bridgehead atoms. The topological polar surface area (TPSA) is 60.9 Å². The minimum Gasteiger partial charge on any atom is -0.481 e. The van der Waals surface area contributed by atoms with Crippen LogP contribution in [0.2, 0.25) is 0 Å². The summed E-state index contributed by atoms with van der Waals surface area (Å²) in [5.41, 5.74) is 0. The van der Waals surface area contributed by atoms with Gasteiger partial charge in [0.2, 0.25) is 0 Å². The lowest BCUT2D eigenvalue weighted by molar-refractivity contribution is -0.138. The number of carbonyl (C=O) groups is 2. The van der Waals surface area contributed by atoms with E-state index in [1.54, 1.807) is 4.90 Å². The van der Waals surface area contributed by atoms with E-state index in [4.69, 9.17) is 5.11 Å². The first kappa shape index (κ1) is 13.8. The second-order valence-corrected chi connectivity index (χ2v) is 4.73. The molecule has 5 nitrogen and oxygen atoms in total. The third kappa shape index (κ3) is 4.24. The highest BCUT2D eigenvalue weighted by Gasteiger charge is 2.25. The van der Waals surface area contributed by atoms with E-state index in [1.165, 1.54) is 0 Å². The quantitative estimate of drug-likeness (QED) is 0.815. The summed E-state index contributed by atoms with van der Waals surface area (Å²) >= 11 is 0. The Labute approximate surface area is 102 Å². The highest BCUT2D eigenvalue weighted by Crippen LogP contribution is 2.21. The molecule has 1 rings (SSSR count). The molecule has 0 unspecified atom stereocenters. The van der Waals surface area contributed by atoms with Crippen molar-refractivity contribution in [2.45, 2.75) is 32.6 Å². The molecule has 1 aliphatic rings. The normalized spacial score (nSPS) is 16.9. The van der Waals surface area contributed by atoms with Crippen molar-refractivity contribution in [3.8, 4) is 0 Å². The second-order valence-electron chi connectivity index (χ2n) is 4.73. The lowest BCUT2D eigenvalue weighted by atomic mass is 9.94. The summed E-state index contributed by atoms with van der Waals surface area (Å²) in [4.78, 5) is 26.1. The zero-order valence-electron chi connectivity index (χ0n) is 10.7. The number of amides is 2. The van der Waals surface area contributed by atoms with Crippen LogP contribution in [0, 0.1) is 5.92 Å². The summed E-state index contributed by atoms with van der Waals surface area (Å²) < 4.78 is 0. The van der Waals surface area contributed by atoms with Crippen LogP contribution < -0.4 is 0 Å². The first-order valence-electron chi connectivity index (χ1n) is 6.26. The van der Waals surface area contributed by atoms with E-state index in [9.17, 15) is 9.59 Å². The van der Waals surface area contributed by atoms with Gasteiger partial charge in [0.05, 0.1) is 0 Å². The van der Waals surface area contributed by atoms with E-state index in [2.05, 4.69) is 0 Å². The molecule has 1 aliphatic heterocycles. The molecular weight excluding hydrogens is 220 g/mol. The van der Waals surface area contributed by atoms with Gasteiger partial charge in [-0.3, -0.25) is 4.79 Å². The summed E-state index contributed by atoms with van der Waals surface area (Å²) in [6.07, 6.45) is 2.79. The van der Waals surface area contributed by atoms with Crippen LogP contribution in [0.15, 0.2) is 0 Å². The summed E-state index contributed by atoms with van der Waals surface area (Å²) in [5, 5.41) is 8.71. The Morgan fingerprint density at radius 3 is 2.41 bits per heavy atom. The molecule has 0 aromatic carbocycles. The molecular formula is C12H22N2O3. The van der Waals surface area contributed by atoms with E-state index in [1.807, 2.05) is 18.9 Å². The van der Waals surface area contributed by atoms with Gasteiger partial charge in [-0.25, -0.2) is 4.79 Å². The molecule has 0 atom stereocenters. The fourth-order valence-electron chi connectivity index (χ4n) is 2.25. The van der Waals surface area contributed by atoms with E-state index in [-0.39, 0.29) is 18.4 Å². The maximum absolute atomic E-state index is 12.0. The predicted octanol–water partition coefficient (Wildman–Crippen LogP) is 1.63. The minimum absolute atomic E-state index is 0.0700. The maximum atomic E-state index is 12.0. The molecule has 0 aliphatic carbocycles. The number of rotatable bonds is 4. The molecule has 1 saturated heterocycles. The molecule has 0 aromatic rings. The maximum Gasteiger partial charge on any atom is 0.319 e. The number of likely N-dealkylation sites (tertiary alicyclic amines) is 1. The standard InChI is InChI=1S/C12H22N2O3/c1-3-6-13(2)12(17)14-7-4-10(5-8-14)9-11(15)16/h10H,3-9H2,1-2H3,(H,15,16). The van der Waals surface area contributed by atoms with E-state index < -0.39 is 5.97 Å². The van der Waals surface area contributed by atoms with Crippen LogP contribution in [0.4, 0.5) is 4.79 Å². The first-order valence-corrected chi connectivity index (χ1v) is 6.26. The number of hydrogen-bond donors (Lipinski definition) is 1. The van der Waals surface area contributed by atoms with Gasteiger partial charge in [0.15, 0.2) is 0 Å². The third-order valence-electron chi connectivity index (χ3n) is 3.23. The average Bonchev–Trinajstić information content (AvgIpc) is 2.28. The Hall–Kier alpha value is -1.26. The van der Waals surface area contributed by atoms with Crippen molar-refractivity contribution in [2.75, 3.05) is 26.7 Å². The fourth-order valence-corrected chi connectivity index (χ4v) is 2.25. The van der Waals surface area contributed by atoms with Crippen molar-refractivity contribution >= 4 is 12.0 Å². The minimum atomic E-state index is -0.738. The van der Waals surface area contributed by atoms with Crippen molar-refractivity contribution in [3.63, 3.8) is 0 Å². The molecule has 1 N–H and O–H groups in total. The van der Waals surface area contributed by atoms with Crippen LogP contribution >= 0.6 is 0 Å². The number of urea groups is 1. The van der Waals surface area contributed by atoms with Crippen LogP contribution in [0.5, 0.6) is 0 Å². The van der Waals surface area contributed by atoms with Gasteiger partial charge in [-0.05, 0) is 25.2 Å². The number of carboxylic acids is 1. The monoisotopic (exact) mass is 242 g/mol. The van der Waals surface area contributed by atoms with Gasteiger partial charge in [-0.1, -0.05) is 6.92 Å². The van der Waals surface area contributed by atoms with Gasteiger partial charge in [-0.15, -0.1) is 0 Å². The predicted molar refractivity (Wildman–Crippen MR) is 64.9 cm³/mol. The van der Waals surface area contributed by atoms with Gasteiger partial charge in [-0.2, -0.15) is 0 Å². The summed E-state index contributed by atoms with van der Waals surface area (Å²) in [6, 6.07) is 0.0700. The van der Waals surface area contributed by atoms with Crippen LogP contribution in [-0.4, -0.2) is 53.6 Å². The molecule has 0 radical (unpaired) electrons. The van der Waals surface area contributed by atoms with Gasteiger partial charge in [0.25, 0.3) is 0 Å². The summed E-state index contributed by atoms with van der Waals surface area (Å²) in [6.45, 7) is 4.19. The molecule has 0 spiro atoms. The van der Waals surface area contributed by atoms with E-state index >= 15 is 0 Å². The van der Waals surface area contributed by atoms with Crippen molar-refractivity contribution in [1.82, 2.24) is 9.80 Å². The van der Waals surface area contributed by atoms with Gasteiger partial charge in [0, 0.05) is 33.1 Å². The zero-order valence-corrected chi connectivity index (χ0v) is 10.7. The molecule has 0 aromatic heterocycles. The second kappa shape index (κ2) is 6.47. The molecule has 17 heavy (non-hydrogen) atoms. The third-order valence-corrected chi connectivity index (χ3v) is 3.23. The van der Waals surface area contributed by atoms with Crippen LogP contribution in [0.3, 0.4) is 0 Å². The van der Waals surface area contributed by atoms with Gasteiger partial charge >= 0.3 is 12.0 Å².